The van der Waals surface area contributed by atoms with Crippen LogP contribution < -0.4 is 5.73 Å². The van der Waals surface area contributed by atoms with Crippen LogP contribution in [-0.2, 0) is 15.8 Å². The largest absolute Gasteiger partial charge is 0.329 e. The summed E-state index contributed by atoms with van der Waals surface area (Å²) < 4.78 is 26.4. The van der Waals surface area contributed by atoms with Crippen molar-refractivity contribution in [2.75, 3.05) is 13.1 Å². The molecule has 0 spiro atoms. The first kappa shape index (κ1) is 16.4. The summed E-state index contributed by atoms with van der Waals surface area (Å²) in [5.74, 6) is 0.0737. The van der Waals surface area contributed by atoms with Crippen molar-refractivity contribution in [3.63, 3.8) is 0 Å². The van der Waals surface area contributed by atoms with Gasteiger partial charge in [0.25, 0.3) is 0 Å². The molecule has 6 heteroatoms. The van der Waals surface area contributed by atoms with E-state index in [1.54, 1.807) is 4.31 Å². The minimum Gasteiger partial charge on any atom is -0.329 e. The zero-order valence-corrected chi connectivity index (χ0v) is 12.5. The monoisotopic (exact) mass is 304 g/mol. The molecule has 0 aliphatic carbocycles. The molecule has 1 heterocycles. The van der Waals surface area contributed by atoms with E-state index in [4.69, 9.17) is 5.73 Å². The van der Waals surface area contributed by atoms with Gasteiger partial charge in [-0.2, -0.15) is 4.31 Å². The van der Waals surface area contributed by atoms with E-state index in [0.29, 0.717) is 13.1 Å². The highest BCUT2D eigenvalue weighted by Crippen LogP contribution is 2.22. The van der Waals surface area contributed by atoms with Crippen molar-refractivity contribution in [3.05, 3.63) is 35.9 Å². The van der Waals surface area contributed by atoms with E-state index < -0.39 is 10.0 Å². The molecule has 0 bridgehead atoms. The van der Waals surface area contributed by atoms with Gasteiger partial charge in [0.1, 0.15) is 0 Å². The van der Waals surface area contributed by atoms with Crippen LogP contribution in [0.2, 0.25) is 0 Å². The summed E-state index contributed by atoms with van der Waals surface area (Å²) in [4.78, 5) is 0. The van der Waals surface area contributed by atoms with E-state index in [9.17, 15) is 8.42 Å². The lowest BCUT2D eigenvalue weighted by Crippen LogP contribution is -2.47. The third kappa shape index (κ3) is 4.18. The first-order valence-corrected chi connectivity index (χ1v) is 7.98. The van der Waals surface area contributed by atoms with Crippen LogP contribution in [0.3, 0.4) is 0 Å². The minimum absolute atomic E-state index is 0. The molecule has 1 aliphatic heterocycles. The predicted molar refractivity (Wildman–Crippen MR) is 79.7 cm³/mol. The molecule has 0 radical (unpaired) electrons. The van der Waals surface area contributed by atoms with Crippen LogP contribution in [0.5, 0.6) is 0 Å². The number of nitrogens with two attached hydrogens (primary N) is 1. The number of rotatable bonds is 4. The number of hydrogen-bond donors (Lipinski definition) is 1. The summed E-state index contributed by atoms with van der Waals surface area (Å²) in [5.41, 5.74) is 6.51. The molecule has 1 saturated heterocycles. The van der Waals surface area contributed by atoms with Crippen LogP contribution in [0.25, 0.3) is 0 Å². The number of sulfonamides is 1. The van der Waals surface area contributed by atoms with E-state index in [1.807, 2.05) is 30.3 Å². The van der Waals surface area contributed by atoms with Crippen molar-refractivity contribution in [3.8, 4) is 0 Å². The molecule has 19 heavy (non-hydrogen) atoms. The Morgan fingerprint density at radius 2 is 1.89 bits per heavy atom. The van der Waals surface area contributed by atoms with Crippen molar-refractivity contribution in [1.29, 1.82) is 0 Å². The van der Waals surface area contributed by atoms with Gasteiger partial charge < -0.3 is 5.73 Å². The Labute approximate surface area is 121 Å². The molecule has 4 nitrogen and oxygen atoms in total. The molecule has 1 atom stereocenters. The van der Waals surface area contributed by atoms with Crippen LogP contribution >= 0.6 is 12.4 Å². The Balaban J connectivity index is 0.00000180. The summed E-state index contributed by atoms with van der Waals surface area (Å²) >= 11 is 0. The second-order valence-corrected chi connectivity index (χ2v) is 6.66. The molecule has 1 aliphatic rings. The minimum atomic E-state index is -3.24. The average molecular weight is 305 g/mol. The van der Waals surface area contributed by atoms with Crippen LogP contribution in [0.4, 0.5) is 0 Å². The zero-order valence-electron chi connectivity index (χ0n) is 10.9. The summed E-state index contributed by atoms with van der Waals surface area (Å²) in [6.07, 6.45) is 2.88. The molecule has 1 aromatic carbocycles. The van der Waals surface area contributed by atoms with Crippen LogP contribution in [0.15, 0.2) is 30.3 Å². The Morgan fingerprint density at radius 3 is 2.53 bits per heavy atom. The number of nitrogens with zero attached hydrogens (tertiary/aromatic N) is 1. The lowest BCUT2D eigenvalue weighted by atomic mass is 10.1. The van der Waals surface area contributed by atoms with E-state index in [0.717, 1.165) is 24.8 Å². The summed E-state index contributed by atoms with van der Waals surface area (Å²) in [6, 6.07) is 9.29. The third-order valence-corrected chi connectivity index (χ3v) is 5.29. The van der Waals surface area contributed by atoms with E-state index in [2.05, 4.69) is 0 Å². The molecule has 0 saturated carbocycles. The molecular weight excluding hydrogens is 284 g/mol. The van der Waals surface area contributed by atoms with Gasteiger partial charge in [-0.1, -0.05) is 36.8 Å². The van der Waals surface area contributed by atoms with Gasteiger partial charge in [-0.25, -0.2) is 8.42 Å². The second kappa shape index (κ2) is 7.24. The highest BCUT2D eigenvalue weighted by atomic mass is 35.5. The number of benzene rings is 1. The highest BCUT2D eigenvalue weighted by Gasteiger charge is 2.31. The molecule has 1 fully saturated rings. The Kier molecular flexibility index (Phi) is 6.26. The quantitative estimate of drug-likeness (QED) is 0.922. The molecule has 0 aromatic heterocycles. The fourth-order valence-electron chi connectivity index (χ4n) is 2.44. The summed E-state index contributed by atoms with van der Waals surface area (Å²) in [7, 11) is -3.24. The highest BCUT2D eigenvalue weighted by molar-refractivity contribution is 7.88. The maximum atomic E-state index is 12.4. The van der Waals surface area contributed by atoms with Gasteiger partial charge in [-0.15, -0.1) is 12.4 Å². The zero-order chi connectivity index (χ0) is 13.0. The van der Waals surface area contributed by atoms with Gasteiger partial charge in [-0.3, -0.25) is 0 Å². The predicted octanol–water partition coefficient (Wildman–Crippen LogP) is 1.75. The van der Waals surface area contributed by atoms with Gasteiger partial charge in [0, 0.05) is 19.1 Å². The Hall–Kier alpha value is -0.620. The first-order valence-electron chi connectivity index (χ1n) is 6.37. The van der Waals surface area contributed by atoms with Gasteiger partial charge in [0.15, 0.2) is 0 Å². The molecule has 1 aromatic rings. The van der Waals surface area contributed by atoms with Crippen molar-refractivity contribution >= 4 is 22.4 Å². The van der Waals surface area contributed by atoms with Crippen molar-refractivity contribution in [2.45, 2.75) is 31.1 Å². The third-order valence-electron chi connectivity index (χ3n) is 3.39. The van der Waals surface area contributed by atoms with Crippen LogP contribution in [0.1, 0.15) is 24.8 Å². The standard InChI is InChI=1S/C13H20N2O2S.ClH/c14-10-13-8-4-5-9-15(13)18(16,17)11-12-6-2-1-3-7-12;/h1-3,6-7,13H,4-5,8-11,14H2;1H. The lowest BCUT2D eigenvalue weighted by Gasteiger charge is -2.33. The molecule has 1 unspecified atom stereocenters. The first-order chi connectivity index (χ1) is 8.63. The number of hydrogen-bond acceptors (Lipinski definition) is 3. The smallest absolute Gasteiger partial charge is 0.218 e. The molecular formula is C13H21ClN2O2S. The fourth-order valence-corrected chi connectivity index (χ4v) is 4.28. The van der Waals surface area contributed by atoms with Gasteiger partial charge >= 0.3 is 0 Å². The van der Waals surface area contributed by atoms with Gasteiger partial charge in [-0.05, 0) is 18.4 Å². The van der Waals surface area contributed by atoms with Gasteiger partial charge in [0.05, 0.1) is 5.75 Å². The van der Waals surface area contributed by atoms with Crippen LogP contribution in [0, 0.1) is 0 Å². The lowest BCUT2D eigenvalue weighted by molar-refractivity contribution is 0.257. The van der Waals surface area contributed by atoms with Crippen LogP contribution in [-0.4, -0.2) is 31.9 Å². The topological polar surface area (TPSA) is 63.4 Å². The normalized spacial score (nSPS) is 20.8. The summed E-state index contributed by atoms with van der Waals surface area (Å²) in [5, 5.41) is 0. The SMILES string of the molecule is Cl.NCC1CCCCN1S(=O)(=O)Cc1ccccc1. The second-order valence-electron chi connectivity index (χ2n) is 4.74. The Bertz CT molecular complexity index is 479. The number of piperidine rings is 1. The summed E-state index contributed by atoms with van der Waals surface area (Å²) in [6.45, 7) is 1.02. The van der Waals surface area contributed by atoms with E-state index in [1.165, 1.54) is 0 Å². The maximum Gasteiger partial charge on any atom is 0.218 e. The van der Waals surface area contributed by atoms with E-state index >= 15 is 0 Å². The Morgan fingerprint density at radius 1 is 1.21 bits per heavy atom. The maximum absolute atomic E-state index is 12.4. The van der Waals surface area contributed by atoms with Crippen molar-refractivity contribution in [2.24, 2.45) is 5.73 Å². The van der Waals surface area contributed by atoms with Crippen molar-refractivity contribution < 1.29 is 8.42 Å². The molecule has 2 N–H and O–H groups in total. The van der Waals surface area contributed by atoms with Crippen molar-refractivity contribution in [1.82, 2.24) is 4.31 Å². The number of halogens is 1. The van der Waals surface area contributed by atoms with E-state index in [-0.39, 0.29) is 24.2 Å². The average Bonchev–Trinajstić information content (AvgIpc) is 2.39. The van der Waals surface area contributed by atoms with Gasteiger partial charge in [0.2, 0.25) is 10.0 Å². The molecule has 108 valence electrons. The fraction of sp³-hybridized carbons (Fsp3) is 0.538. The molecule has 0 amide bonds. The molecule has 2 rings (SSSR count).